The average molecular weight is 326 g/mol. The van der Waals surface area contributed by atoms with Gasteiger partial charge in [0.25, 0.3) is 0 Å². The smallest absolute Gasteiger partial charge is 0.0782 e. The molecule has 19 heavy (non-hydrogen) atoms. The summed E-state index contributed by atoms with van der Waals surface area (Å²) in [4.78, 5) is 2.47. The molecule has 4 unspecified atom stereocenters. The number of piperidine rings is 1. The van der Waals surface area contributed by atoms with Crippen LogP contribution in [-0.4, -0.2) is 17.7 Å². The number of halogens is 1. The first-order valence-corrected chi connectivity index (χ1v) is 7.93. The van der Waals surface area contributed by atoms with E-state index in [2.05, 4.69) is 53.7 Å². The molecule has 1 fully saturated rings. The molecule has 0 amide bonds. The van der Waals surface area contributed by atoms with Crippen LogP contribution in [0.5, 0.6) is 0 Å². The lowest BCUT2D eigenvalue weighted by atomic mass is 9.85. The van der Waals surface area contributed by atoms with Crippen molar-refractivity contribution in [3.63, 3.8) is 0 Å². The van der Waals surface area contributed by atoms with Crippen molar-refractivity contribution in [3.8, 4) is 0 Å². The number of benzene rings is 1. The Morgan fingerprint density at radius 2 is 2.00 bits per heavy atom. The van der Waals surface area contributed by atoms with E-state index >= 15 is 0 Å². The maximum absolute atomic E-state index is 10.0. The normalized spacial score (nSPS) is 29.4. The van der Waals surface area contributed by atoms with Crippen LogP contribution < -0.4 is 4.90 Å². The number of rotatable bonds is 2. The number of hydrogen-bond donors (Lipinski definition) is 1. The lowest BCUT2D eigenvalue weighted by molar-refractivity contribution is 0.198. The van der Waals surface area contributed by atoms with Gasteiger partial charge in [0.1, 0.15) is 0 Å². The molecule has 1 N–H and O–H groups in total. The summed E-state index contributed by atoms with van der Waals surface area (Å²) < 4.78 is 1.03. The predicted molar refractivity (Wildman–Crippen MR) is 84.5 cm³/mol. The summed E-state index contributed by atoms with van der Waals surface area (Å²) in [6.07, 6.45) is 0.852. The molecular formula is C16H24BrNO. The second-order valence-corrected chi connectivity index (χ2v) is 7.01. The van der Waals surface area contributed by atoms with E-state index in [-0.39, 0.29) is 0 Å². The fourth-order valence-electron chi connectivity index (χ4n) is 3.15. The lowest BCUT2D eigenvalue weighted by Gasteiger charge is -2.43. The Bertz CT molecular complexity index is 446. The second kappa shape index (κ2) is 5.84. The first-order chi connectivity index (χ1) is 8.90. The molecule has 0 aromatic heterocycles. The highest BCUT2D eigenvalue weighted by Crippen LogP contribution is 2.36. The zero-order valence-electron chi connectivity index (χ0n) is 12.2. The lowest BCUT2D eigenvalue weighted by Crippen LogP contribution is -2.46. The van der Waals surface area contributed by atoms with Crippen molar-refractivity contribution >= 4 is 21.6 Å². The van der Waals surface area contributed by atoms with Gasteiger partial charge >= 0.3 is 0 Å². The summed E-state index contributed by atoms with van der Waals surface area (Å²) in [5.41, 5.74) is 2.20. The number of hydrogen-bond acceptors (Lipinski definition) is 2. The highest BCUT2D eigenvalue weighted by Gasteiger charge is 2.30. The Hall–Kier alpha value is -0.540. The largest absolute Gasteiger partial charge is 0.389 e. The third-order valence-corrected chi connectivity index (χ3v) is 4.84. The van der Waals surface area contributed by atoms with Crippen molar-refractivity contribution in [2.75, 3.05) is 11.4 Å². The van der Waals surface area contributed by atoms with Crippen molar-refractivity contribution < 1.29 is 5.11 Å². The van der Waals surface area contributed by atoms with E-state index in [0.29, 0.717) is 17.9 Å². The van der Waals surface area contributed by atoms with E-state index in [9.17, 15) is 5.11 Å². The maximum atomic E-state index is 10.0. The van der Waals surface area contributed by atoms with E-state index in [1.54, 1.807) is 0 Å². The molecule has 0 radical (unpaired) electrons. The SMILES string of the molecule is CC1CC(C)C(C)N(c2ccc(Br)cc2C(C)O)C1. The van der Waals surface area contributed by atoms with Crippen molar-refractivity contribution in [2.45, 2.75) is 46.3 Å². The third-order valence-electron chi connectivity index (χ3n) is 4.35. The average Bonchev–Trinajstić information content (AvgIpc) is 2.34. The number of nitrogens with zero attached hydrogens (tertiary/aromatic N) is 1. The van der Waals surface area contributed by atoms with E-state index in [4.69, 9.17) is 0 Å². The predicted octanol–water partition coefficient (Wildman–Crippen LogP) is 4.37. The van der Waals surface area contributed by atoms with Gasteiger partial charge in [-0.3, -0.25) is 0 Å². The van der Waals surface area contributed by atoms with Crippen LogP contribution in [0.3, 0.4) is 0 Å². The molecule has 1 saturated heterocycles. The Balaban J connectivity index is 2.39. The fraction of sp³-hybridized carbons (Fsp3) is 0.625. The summed E-state index contributed by atoms with van der Waals surface area (Å²) in [5.74, 6) is 1.39. The molecule has 1 aromatic carbocycles. The quantitative estimate of drug-likeness (QED) is 0.872. The zero-order valence-corrected chi connectivity index (χ0v) is 13.8. The summed E-state index contributed by atoms with van der Waals surface area (Å²) in [6.45, 7) is 9.86. The molecule has 1 aliphatic rings. The first kappa shape index (κ1) is 14.9. The first-order valence-electron chi connectivity index (χ1n) is 7.14. The van der Waals surface area contributed by atoms with Crippen LogP contribution in [0, 0.1) is 11.8 Å². The number of aliphatic hydroxyl groups excluding tert-OH is 1. The van der Waals surface area contributed by atoms with Gasteiger partial charge in [0.15, 0.2) is 0 Å². The number of anilines is 1. The van der Waals surface area contributed by atoms with Crippen LogP contribution in [0.4, 0.5) is 5.69 Å². The minimum Gasteiger partial charge on any atom is -0.389 e. The Morgan fingerprint density at radius 1 is 1.32 bits per heavy atom. The monoisotopic (exact) mass is 325 g/mol. The third kappa shape index (κ3) is 3.14. The zero-order chi connectivity index (χ0) is 14.2. The minimum absolute atomic E-state index is 0.438. The highest BCUT2D eigenvalue weighted by atomic mass is 79.9. The highest BCUT2D eigenvalue weighted by molar-refractivity contribution is 9.10. The van der Waals surface area contributed by atoms with Gasteiger partial charge in [-0.15, -0.1) is 0 Å². The summed E-state index contributed by atoms with van der Waals surface area (Å²) in [7, 11) is 0. The van der Waals surface area contributed by atoms with Crippen molar-refractivity contribution in [3.05, 3.63) is 28.2 Å². The molecule has 0 spiro atoms. The van der Waals surface area contributed by atoms with E-state index in [1.165, 1.54) is 12.1 Å². The molecule has 106 valence electrons. The maximum Gasteiger partial charge on any atom is 0.0782 e. The van der Waals surface area contributed by atoms with Gasteiger partial charge in [0.05, 0.1) is 6.10 Å². The van der Waals surface area contributed by atoms with Crippen LogP contribution in [-0.2, 0) is 0 Å². The van der Waals surface area contributed by atoms with Crippen LogP contribution in [0.25, 0.3) is 0 Å². The summed E-state index contributed by atoms with van der Waals surface area (Å²) in [6, 6.07) is 6.76. The Morgan fingerprint density at radius 3 is 2.63 bits per heavy atom. The molecule has 3 heteroatoms. The van der Waals surface area contributed by atoms with Gasteiger partial charge in [-0.05, 0) is 50.3 Å². The molecular weight excluding hydrogens is 302 g/mol. The molecule has 4 atom stereocenters. The van der Waals surface area contributed by atoms with Crippen molar-refractivity contribution in [1.82, 2.24) is 0 Å². The summed E-state index contributed by atoms with van der Waals surface area (Å²) >= 11 is 3.50. The molecule has 1 heterocycles. The van der Waals surface area contributed by atoms with Crippen molar-refractivity contribution in [2.24, 2.45) is 11.8 Å². The molecule has 1 aromatic rings. The molecule has 2 nitrogen and oxygen atoms in total. The fourth-order valence-corrected chi connectivity index (χ4v) is 3.53. The second-order valence-electron chi connectivity index (χ2n) is 6.09. The van der Waals surface area contributed by atoms with E-state index in [0.717, 1.165) is 16.6 Å². The van der Waals surface area contributed by atoms with Gasteiger partial charge in [0, 0.05) is 28.3 Å². The standard InChI is InChI=1S/C16H24BrNO/c1-10-7-11(2)12(3)18(9-10)16-6-5-14(17)8-15(16)13(4)19/h5-6,8,10-13,19H,7,9H2,1-4H3. The van der Waals surface area contributed by atoms with Crippen molar-refractivity contribution in [1.29, 1.82) is 0 Å². The van der Waals surface area contributed by atoms with Crippen LogP contribution >= 0.6 is 15.9 Å². The minimum atomic E-state index is -0.438. The molecule has 0 bridgehead atoms. The van der Waals surface area contributed by atoms with Gasteiger partial charge in [-0.2, -0.15) is 0 Å². The van der Waals surface area contributed by atoms with Crippen LogP contribution in [0.15, 0.2) is 22.7 Å². The van der Waals surface area contributed by atoms with Crippen LogP contribution in [0.1, 0.15) is 45.8 Å². The Labute approximate surface area is 124 Å². The van der Waals surface area contributed by atoms with E-state index in [1.807, 2.05) is 13.0 Å². The van der Waals surface area contributed by atoms with Gasteiger partial charge in [0.2, 0.25) is 0 Å². The van der Waals surface area contributed by atoms with Crippen LogP contribution in [0.2, 0.25) is 0 Å². The topological polar surface area (TPSA) is 23.5 Å². The van der Waals surface area contributed by atoms with Gasteiger partial charge < -0.3 is 10.0 Å². The molecule has 0 saturated carbocycles. The summed E-state index contributed by atoms with van der Waals surface area (Å²) in [5, 5.41) is 10.0. The van der Waals surface area contributed by atoms with Gasteiger partial charge in [-0.25, -0.2) is 0 Å². The Kier molecular flexibility index (Phi) is 4.57. The molecule has 1 aliphatic heterocycles. The molecule has 2 rings (SSSR count). The molecule has 0 aliphatic carbocycles. The number of aliphatic hydroxyl groups is 1. The van der Waals surface area contributed by atoms with E-state index < -0.39 is 6.10 Å². The van der Waals surface area contributed by atoms with Gasteiger partial charge in [-0.1, -0.05) is 29.8 Å².